The van der Waals surface area contributed by atoms with Crippen molar-refractivity contribution in [3.05, 3.63) is 24.0 Å². The number of aliphatic hydroxyl groups excluding tert-OH is 1. The average Bonchev–Trinajstić information content (AvgIpc) is 2.18. The van der Waals surface area contributed by atoms with Gasteiger partial charge < -0.3 is 15.5 Å². The second kappa shape index (κ2) is 5.31. The van der Waals surface area contributed by atoms with E-state index in [9.17, 15) is 4.79 Å². The van der Waals surface area contributed by atoms with Gasteiger partial charge in [-0.15, -0.1) is 0 Å². The van der Waals surface area contributed by atoms with Crippen molar-refractivity contribution in [2.24, 2.45) is 0 Å². The minimum absolute atomic E-state index is 0.00212. The zero-order valence-corrected chi connectivity index (χ0v) is 8.47. The Labute approximate surface area is 87.8 Å². The minimum Gasteiger partial charge on any atom is -0.476 e. The van der Waals surface area contributed by atoms with Crippen LogP contribution in [0.15, 0.2) is 18.3 Å². The number of aliphatic hydroxyl groups is 1. The number of rotatable bonds is 5. The van der Waals surface area contributed by atoms with Crippen molar-refractivity contribution in [2.75, 3.05) is 11.9 Å². The van der Waals surface area contributed by atoms with Crippen LogP contribution in [0.5, 0.6) is 0 Å². The van der Waals surface area contributed by atoms with Crippen molar-refractivity contribution in [3.8, 4) is 0 Å². The Bertz CT molecular complexity index is 341. The highest BCUT2D eigenvalue weighted by Crippen LogP contribution is 2.13. The Hall–Kier alpha value is -1.62. The van der Waals surface area contributed by atoms with E-state index >= 15 is 0 Å². The van der Waals surface area contributed by atoms with Gasteiger partial charge in [-0.3, -0.25) is 0 Å². The van der Waals surface area contributed by atoms with E-state index < -0.39 is 5.97 Å². The first-order valence-corrected chi connectivity index (χ1v) is 4.71. The van der Waals surface area contributed by atoms with Crippen LogP contribution < -0.4 is 5.32 Å². The second-order valence-electron chi connectivity index (χ2n) is 3.26. The number of anilines is 1. The summed E-state index contributed by atoms with van der Waals surface area (Å²) < 4.78 is 0. The number of aromatic carboxylic acids is 1. The van der Waals surface area contributed by atoms with Crippen molar-refractivity contribution >= 4 is 11.7 Å². The van der Waals surface area contributed by atoms with Crippen LogP contribution in [0.2, 0.25) is 0 Å². The predicted molar refractivity (Wildman–Crippen MR) is 56.0 cm³/mol. The number of carboxylic acid groups (broad SMARTS) is 1. The molecule has 82 valence electrons. The van der Waals surface area contributed by atoms with E-state index in [4.69, 9.17) is 10.2 Å². The lowest BCUT2D eigenvalue weighted by atomic mass is 10.2. The minimum atomic E-state index is -1.06. The first-order chi connectivity index (χ1) is 7.15. The van der Waals surface area contributed by atoms with Crippen LogP contribution in [0.4, 0.5) is 5.69 Å². The lowest BCUT2D eigenvalue weighted by Gasteiger charge is -2.14. The number of nitrogens with one attached hydrogen (secondary N) is 1. The third-order valence-corrected chi connectivity index (χ3v) is 1.97. The fourth-order valence-electron chi connectivity index (χ4n) is 1.22. The highest BCUT2D eigenvalue weighted by molar-refractivity contribution is 5.91. The number of carbonyl (C=O) groups is 1. The highest BCUT2D eigenvalue weighted by atomic mass is 16.4. The van der Waals surface area contributed by atoms with Crippen molar-refractivity contribution < 1.29 is 15.0 Å². The lowest BCUT2D eigenvalue weighted by molar-refractivity contribution is 0.0691. The summed E-state index contributed by atoms with van der Waals surface area (Å²) in [5.41, 5.74) is 0.480. The summed E-state index contributed by atoms with van der Waals surface area (Å²) >= 11 is 0. The van der Waals surface area contributed by atoms with E-state index in [0.717, 1.165) is 0 Å². The molecule has 0 aromatic carbocycles. The zero-order chi connectivity index (χ0) is 11.3. The second-order valence-corrected chi connectivity index (χ2v) is 3.26. The molecule has 1 aromatic heterocycles. The Kier molecular flexibility index (Phi) is 4.05. The van der Waals surface area contributed by atoms with Crippen LogP contribution in [0.25, 0.3) is 0 Å². The number of nitrogens with zero attached hydrogens (tertiary/aromatic N) is 1. The van der Waals surface area contributed by atoms with Gasteiger partial charge in [-0.1, -0.05) is 0 Å². The molecular weight excluding hydrogens is 196 g/mol. The van der Waals surface area contributed by atoms with Gasteiger partial charge in [0.1, 0.15) is 0 Å². The quantitative estimate of drug-likeness (QED) is 0.674. The number of pyridine rings is 1. The van der Waals surface area contributed by atoms with Crippen LogP contribution in [0, 0.1) is 0 Å². The van der Waals surface area contributed by atoms with Crippen LogP contribution in [-0.4, -0.2) is 33.8 Å². The molecule has 1 aromatic rings. The summed E-state index contributed by atoms with van der Waals surface area (Å²) in [7, 11) is 0. The van der Waals surface area contributed by atoms with Crippen molar-refractivity contribution in [1.29, 1.82) is 0 Å². The summed E-state index contributed by atoms with van der Waals surface area (Å²) in [5, 5.41) is 20.6. The van der Waals surface area contributed by atoms with Gasteiger partial charge in [-0.25, -0.2) is 9.78 Å². The van der Waals surface area contributed by atoms with Gasteiger partial charge in [0, 0.05) is 18.8 Å². The smallest absolute Gasteiger partial charge is 0.356 e. The molecule has 1 atom stereocenters. The molecule has 3 N–H and O–H groups in total. The molecule has 0 saturated carbocycles. The zero-order valence-electron chi connectivity index (χ0n) is 8.47. The maximum Gasteiger partial charge on any atom is 0.356 e. The van der Waals surface area contributed by atoms with Crippen LogP contribution in [-0.2, 0) is 0 Å². The fraction of sp³-hybridized carbons (Fsp3) is 0.400. The van der Waals surface area contributed by atoms with Gasteiger partial charge in [0.05, 0.1) is 5.69 Å². The summed E-state index contributed by atoms with van der Waals surface area (Å²) in [4.78, 5) is 14.6. The van der Waals surface area contributed by atoms with Gasteiger partial charge >= 0.3 is 5.97 Å². The molecular formula is C10H14N2O3. The molecule has 1 rings (SSSR count). The summed E-state index contributed by atoms with van der Waals surface area (Å²) in [6.45, 7) is 1.94. The van der Waals surface area contributed by atoms with Crippen LogP contribution in [0.3, 0.4) is 0 Å². The Morgan fingerprint density at radius 3 is 3.00 bits per heavy atom. The molecule has 0 amide bonds. The Balaban J connectivity index is 2.79. The largest absolute Gasteiger partial charge is 0.476 e. The van der Waals surface area contributed by atoms with Crippen LogP contribution in [0.1, 0.15) is 23.8 Å². The predicted octanol–water partition coefficient (Wildman–Crippen LogP) is 0.963. The van der Waals surface area contributed by atoms with Gasteiger partial charge in [0.15, 0.2) is 5.69 Å². The monoisotopic (exact) mass is 210 g/mol. The number of carboxylic acids is 1. The summed E-state index contributed by atoms with van der Waals surface area (Å²) in [5.74, 6) is -1.06. The number of aromatic nitrogens is 1. The molecule has 1 heterocycles. The van der Waals surface area contributed by atoms with E-state index in [1.807, 2.05) is 6.92 Å². The van der Waals surface area contributed by atoms with Gasteiger partial charge in [-0.2, -0.15) is 0 Å². The maximum atomic E-state index is 10.8. The molecule has 0 saturated heterocycles. The van der Waals surface area contributed by atoms with E-state index in [1.165, 1.54) is 6.20 Å². The standard InChI is InChI=1S/C10H14N2O3/c1-7(4-6-13)12-8-3-2-5-11-9(8)10(14)15/h2-3,5,7,12-13H,4,6H2,1H3,(H,14,15). The van der Waals surface area contributed by atoms with Gasteiger partial charge in [-0.05, 0) is 25.5 Å². The van der Waals surface area contributed by atoms with Crippen molar-refractivity contribution in [1.82, 2.24) is 4.98 Å². The first-order valence-electron chi connectivity index (χ1n) is 4.71. The van der Waals surface area contributed by atoms with E-state index in [-0.39, 0.29) is 18.3 Å². The maximum absolute atomic E-state index is 10.8. The number of hydrogen-bond donors (Lipinski definition) is 3. The molecule has 0 aliphatic carbocycles. The normalized spacial score (nSPS) is 12.1. The molecule has 1 unspecified atom stereocenters. The molecule has 0 aliphatic rings. The van der Waals surface area contributed by atoms with Crippen molar-refractivity contribution in [3.63, 3.8) is 0 Å². The number of hydrogen-bond acceptors (Lipinski definition) is 4. The third kappa shape index (κ3) is 3.21. The fourth-order valence-corrected chi connectivity index (χ4v) is 1.22. The molecule has 5 nitrogen and oxygen atoms in total. The summed E-state index contributed by atoms with van der Waals surface area (Å²) in [6, 6.07) is 3.34. The molecule has 0 bridgehead atoms. The lowest BCUT2D eigenvalue weighted by Crippen LogP contribution is -2.19. The van der Waals surface area contributed by atoms with E-state index in [2.05, 4.69) is 10.3 Å². The summed E-state index contributed by atoms with van der Waals surface area (Å²) in [6.07, 6.45) is 2.00. The van der Waals surface area contributed by atoms with Gasteiger partial charge in [0.2, 0.25) is 0 Å². The topological polar surface area (TPSA) is 82.5 Å². The van der Waals surface area contributed by atoms with Gasteiger partial charge in [0.25, 0.3) is 0 Å². The molecule has 5 heteroatoms. The van der Waals surface area contributed by atoms with E-state index in [1.54, 1.807) is 12.1 Å². The Morgan fingerprint density at radius 2 is 2.40 bits per heavy atom. The third-order valence-electron chi connectivity index (χ3n) is 1.97. The van der Waals surface area contributed by atoms with E-state index in [0.29, 0.717) is 12.1 Å². The molecule has 0 radical (unpaired) electrons. The van der Waals surface area contributed by atoms with Crippen LogP contribution >= 0.6 is 0 Å². The molecule has 0 aliphatic heterocycles. The average molecular weight is 210 g/mol. The molecule has 0 spiro atoms. The first kappa shape index (κ1) is 11.5. The highest BCUT2D eigenvalue weighted by Gasteiger charge is 2.12. The molecule has 15 heavy (non-hydrogen) atoms. The Morgan fingerprint density at radius 1 is 1.67 bits per heavy atom. The van der Waals surface area contributed by atoms with Crippen molar-refractivity contribution in [2.45, 2.75) is 19.4 Å². The SMILES string of the molecule is CC(CCO)Nc1cccnc1C(=O)O. The molecule has 0 fully saturated rings.